The fraction of sp³-hybridized carbons (Fsp3) is 0.500. The normalized spacial score (nSPS) is 24.2. The van der Waals surface area contributed by atoms with Crippen LogP contribution < -0.4 is 5.32 Å². The first-order chi connectivity index (χ1) is 9.13. The quantitative estimate of drug-likeness (QED) is 0.882. The van der Waals surface area contributed by atoms with Gasteiger partial charge in [-0.2, -0.15) is 0 Å². The molecular weight excluding hydrogens is 292 g/mol. The first-order valence-corrected chi connectivity index (χ1v) is 9.13. The van der Waals surface area contributed by atoms with Crippen molar-refractivity contribution in [1.82, 2.24) is 10.3 Å². The molecule has 2 aromatic rings. The average Bonchev–Trinajstić information content (AvgIpc) is 2.97. The molecule has 2 aromatic heterocycles. The van der Waals surface area contributed by atoms with Crippen LogP contribution in [0.3, 0.4) is 0 Å². The molecule has 5 heteroatoms. The summed E-state index contributed by atoms with van der Waals surface area (Å²) in [5, 5.41) is 7.86. The molecule has 0 aliphatic carbocycles. The minimum atomic E-state index is 0.326. The molecule has 0 radical (unpaired) electrons. The highest BCUT2D eigenvalue weighted by atomic mass is 32.2. The summed E-state index contributed by atoms with van der Waals surface area (Å²) in [5.41, 5.74) is 1.48. The summed E-state index contributed by atoms with van der Waals surface area (Å²) >= 11 is 5.68. The molecule has 0 amide bonds. The molecule has 0 saturated heterocycles. The van der Waals surface area contributed by atoms with Crippen molar-refractivity contribution in [2.75, 3.05) is 0 Å². The summed E-state index contributed by atoms with van der Waals surface area (Å²) in [5.74, 6) is 0. The molecule has 3 rings (SSSR count). The van der Waals surface area contributed by atoms with Crippen LogP contribution >= 0.6 is 34.4 Å². The van der Waals surface area contributed by atoms with Crippen molar-refractivity contribution in [2.45, 2.75) is 48.7 Å². The molecule has 2 nitrogen and oxygen atoms in total. The SMILES string of the molecule is Cc1cnc(C(C)NC2C[C@H](C)Sc3sccc32)s1. The number of nitrogens with one attached hydrogen (secondary N) is 1. The summed E-state index contributed by atoms with van der Waals surface area (Å²) in [6.45, 7) is 6.65. The lowest BCUT2D eigenvalue weighted by molar-refractivity contribution is 0.434. The van der Waals surface area contributed by atoms with Crippen LogP contribution in [0.1, 0.15) is 47.8 Å². The lowest BCUT2D eigenvalue weighted by Crippen LogP contribution is -2.28. The van der Waals surface area contributed by atoms with E-state index in [2.05, 4.69) is 42.5 Å². The van der Waals surface area contributed by atoms with Gasteiger partial charge in [0.25, 0.3) is 0 Å². The van der Waals surface area contributed by atoms with E-state index in [1.807, 2.05) is 29.3 Å². The van der Waals surface area contributed by atoms with Gasteiger partial charge in [-0.25, -0.2) is 4.98 Å². The number of hydrogen-bond donors (Lipinski definition) is 1. The van der Waals surface area contributed by atoms with Crippen molar-refractivity contribution < 1.29 is 0 Å². The molecular formula is C14H18N2S3. The number of aromatic nitrogens is 1. The molecule has 1 aliphatic heterocycles. The fourth-order valence-corrected chi connectivity index (χ4v) is 5.80. The lowest BCUT2D eigenvalue weighted by atomic mass is 10.0. The van der Waals surface area contributed by atoms with Gasteiger partial charge in [-0.15, -0.1) is 34.4 Å². The zero-order chi connectivity index (χ0) is 13.4. The van der Waals surface area contributed by atoms with E-state index in [4.69, 9.17) is 0 Å². The molecule has 0 bridgehead atoms. The molecule has 0 fully saturated rings. The standard InChI is InChI=1S/C14H18N2S3/c1-8-6-12(11-4-5-17-14(11)19-8)16-10(3)13-15-7-9(2)18-13/h4-5,7-8,10,12,16H,6H2,1-3H3/t8-,10?,12?/m0/s1. The second-order valence-corrected chi connectivity index (χ2v) is 8.97. The molecule has 19 heavy (non-hydrogen) atoms. The van der Waals surface area contributed by atoms with E-state index in [0.29, 0.717) is 17.3 Å². The van der Waals surface area contributed by atoms with Crippen LogP contribution in [0.25, 0.3) is 0 Å². The summed E-state index contributed by atoms with van der Waals surface area (Å²) in [4.78, 5) is 5.78. The third-order valence-electron chi connectivity index (χ3n) is 3.37. The second kappa shape index (κ2) is 5.56. The lowest BCUT2D eigenvalue weighted by Gasteiger charge is -2.29. The number of aryl methyl sites for hydroxylation is 1. The third-order valence-corrected chi connectivity index (χ3v) is 6.81. The number of rotatable bonds is 3. The highest BCUT2D eigenvalue weighted by Gasteiger charge is 2.27. The monoisotopic (exact) mass is 310 g/mol. The maximum absolute atomic E-state index is 4.50. The van der Waals surface area contributed by atoms with Gasteiger partial charge in [-0.3, -0.25) is 0 Å². The average molecular weight is 311 g/mol. The Bertz CT molecular complexity index is 561. The minimum absolute atomic E-state index is 0.326. The van der Waals surface area contributed by atoms with Gasteiger partial charge in [0.2, 0.25) is 0 Å². The van der Waals surface area contributed by atoms with Crippen LogP contribution in [0.15, 0.2) is 21.9 Å². The summed E-state index contributed by atoms with van der Waals surface area (Å²) in [6, 6.07) is 3.07. The molecule has 0 spiro atoms. The van der Waals surface area contributed by atoms with Crippen molar-refractivity contribution in [3.63, 3.8) is 0 Å². The zero-order valence-electron chi connectivity index (χ0n) is 11.3. The Labute approximate surface area is 126 Å². The van der Waals surface area contributed by atoms with E-state index in [1.54, 1.807) is 11.3 Å². The molecule has 0 aromatic carbocycles. The van der Waals surface area contributed by atoms with Gasteiger partial charge in [0.1, 0.15) is 5.01 Å². The molecule has 3 atom stereocenters. The number of thiazole rings is 1. The van der Waals surface area contributed by atoms with Crippen LogP contribution in [0.2, 0.25) is 0 Å². The predicted octanol–water partition coefficient (Wildman–Crippen LogP) is 4.79. The van der Waals surface area contributed by atoms with Crippen molar-refractivity contribution in [3.8, 4) is 0 Å². The minimum Gasteiger partial charge on any atom is -0.301 e. The van der Waals surface area contributed by atoms with E-state index < -0.39 is 0 Å². The molecule has 3 heterocycles. The Morgan fingerprint density at radius 2 is 2.32 bits per heavy atom. The van der Waals surface area contributed by atoms with E-state index in [0.717, 1.165) is 0 Å². The molecule has 0 saturated carbocycles. The van der Waals surface area contributed by atoms with E-state index in [1.165, 1.54) is 26.1 Å². The maximum atomic E-state index is 4.50. The topological polar surface area (TPSA) is 24.9 Å². The first-order valence-electron chi connectivity index (χ1n) is 6.56. The number of thiophene rings is 1. The predicted molar refractivity (Wildman–Crippen MR) is 85.4 cm³/mol. The van der Waals surface area contributed by atoms with Crippen molar-refractivity contribution >= 4 is 34.4 Å². The van der Waals surface area contributed by atoms with Gasteiger partial charge >= 0.3 is 0 Å². The summed E-state index contributed by atoms with van der Waals surface area (Å²) in [7, 11) is 0. The Kier molecular flexibility index (Phi) is 3.98. The third kappa shape index (κ3) is 2.89. The largest absolute Gasteiger partial charge is 0.301 e. The van der Waals surface area contributed by atoms with Crippen molar-refractivity contribution in [2.24, 2.45) is 0 Å². The van der Waals surface area contributed by atoms with Gasteiger partial charge in [-0.1, -0.05) is 6.92 Å². The molecule has 102 valence electrons. The molecule has 1 aliphatic rings. The second-order valence-electron chi connectivity index (χ2n) is 5.08. The fourth-order valence-electron chi connectivity index (χ4n) is 2.45. The van der Waals surface area contributed by atoms with Gasteiger partial charge in [-0.05, 0) is 37.3 Å². The Hall–Kier alpha value is -0.360. The number of hydrogen-bond acceptors (Lipinski definition) is 5. The molecule has 2 unspecified atom stereocenters. The Morgan fingerprint density at radius 3 is 3.05 bits per heavy atom. The first kappa shape index (κ1) is 13.6. The van der Waals surface area contributed by atoms with Crippen LogP contribution in [0, 0.1) is 6.92 Å². The van der Waals surface area contributed by atoms with E-state index in [9.17, 15) is 0 Å². The van der Waals surface area contributed by atoms with Gasteiger partial charge in [0.15, 0.2) is 0 Å². The number of nitrogens with zero attached hydrogens (tertiary/aromatic N) is 1. The van der Waals surface area contributed by atoms with Crippen LogP contribution in [-0.4, -0.2) is 10.2 Å². The summed E-state index contributed by atoms with van der Waals surface area (Å²) < 4.78 is 1.48. The van der Waals surface area contributed by atoms with Gasteiger partial charge < -0.3 is 5.32 Å². The van der Waals surface area contributed by atoms with Crippen molar-refractivity contribution in [1.29, 1.82) is 0 Å². The van der Waals surface area contributed by atoms with E-state index in [-0.39, 0.29) is 0 Å². The van der Waals surface area contributed by atoms with Gasteiger partial charge in [0.05, 0.1) is 10.3 Å². The number of thioether (sulfide) groups is 1. The highest BCUT2D eigenvalue weighted by Crippen LogP contribution is 2.44. The maximum Gasteiger partial charge on any atom is 0.109 e. The van der Waals surface area contributed by atoms with E-state index >= 15 is 0 Å². The number of fused-ring (bicyclic) bond motifs is 1. The van der Waals surface area contributed by atoms with Crippen LogP contribution in [0.5, 0.6) is 0 Å². The Balaban J connectivity index is 1.77. The smallest absolute Gasteiger partial charge is 0.109 e. The summed E-state index contributed by atoms with van der Waals surface area (Å²) in [6.07, 6.45) is 3.16. The zero-order valence-corrected chi connectivity index (χ0v) is 13.8. The highest BCUT2D eigenvalue weighted by molar-refractivity contribution is 8.01. The van der Waals surface area contributed by atoms with Crippen LogP contribution in [-0.2, 0) is 0 Å². The molecule has 1 N–H and O–H groups in total. The van der Waals surface area contributed by atoms with Crippen LogP contribution in [0.4, 0.5) is 0 Å². The van der Waals surface area contributed by atoms with Crippen molar-refractivity contribution in [3.05, 3.63) is 33.1 Å². The van der Waals surface area contributed by atoms with Gasteiger partial charge in [0, 0.05) is 22.4 Å². The Morgan fingerprint density at radius 1 is 1.47 bits per heavy atom.